The molecule has 0 aliphatic carbocycles. The second kappa shape index (κ2) is 7.58. The molecule has 0 saturated carbocycles. The van der Waals surface area contributed by atoms with E-state index >= 15 is 0 Å². The third-order valence-corrected chi connectivity index (χ3v) is 4.29. The van der Waals surface area contributed by atoms with Crippen LogP contribution in [-0.4, -0.2) is 22.4 Å². The van der Waals surface area contributed by atoms with Gasteiger partial charge in [0.2, 0.25) is 5.95 Å². The van der Waals surface area contributed by atoms with E-state index in [1.54, 1.807) is 42.0 Å². The van der Waals surface area contributed by atoms with E-state index in [-0.39, 0.29) is 5.56 Å². The Morgan fingerprint density at radius 2 is 2.08 bits per heavy atom. The predicted molar refractivity (Wildman–Crippen MR) is 106 cm³/mol. The molecule has 0 bridgehead atoms. The van der Waals surface area contributed by atoms with Gasteiger partial charge < -0.3 is 4.74 Å². The van der Waals surface area contributed by atoms with Crippen LogP contribution in [0.5, 0.6) is 5.75 Å². The molecule has 134 valence electrons. The maximum atomic E-state index is 12.6. The summed E-state index contributed by atoms with van der Waals surface area (Å²) in [7, 11) is 1.59. The lowest BCUT2D eigenvalue weighted by atomic mass is 10.1. The van der Waals surface area contributed by atoms with Crippen molar-refractivity contribution in [1.82, 2.24) is 9.55 Å². The zero-order valence-corrected chi connectivity index (χ0v) is 15.5. The van der Waals surface area contributed by atoms with Crippen molar-refractivity contribution in [3.05, 3.63) is 63.4 Å². The van der Waals surface area contributed by atoms with E-state index in [9.17, 15) is 4.79 Å². The Labute approximate surface area is 156 Å². The van der Waals surface area contributed by atoms with Crippen LogP contribution in [0.25, 0.3) is 10.9 Å². The number of anilines is 1. The van der Waals surface area contributed by atoms with E-state index in [4.69, 9.17) is 16.3 Å². The average Bonchev–Trinajstić information content (AvgIpc) is 2.66. The molecule has 0 spiro atoms. The number of hydrogen-bond donors (Lipinski definition) is 1. The van der Waals surface area contributed by atoms with Crippen LogP contribution in [0, 0.1) is 0 Å². The molecule has 0 saturated heterocycles. The number of halogens is 1. The van der Waals surface area contributed by atoms with Crippen LogP contribution in [-0.2, 0) is 6.54 Å². The first kappa shape index (κ1) is 17.9. The first-order chi connectivity index (χ1) is 12.5. The smallest absolute Gasteiger partial charge is 0.262 e. The first-order valence-electron chi connectivity index (χ1n) is 8.19. The summed E-state index contributed by atoms with van der Waals surface area (Å²) in [5, 5.41) is 5.54. The summed E-state index contributed by atoms with van der Waals surface area (Å²) in [5.74, 6) is 1.05. The normalized spacial score (nSPS) is 11.6. The Morgan fingerprint density at radius 1 is 1.31 bits per heavy atom. The van der Waals surface area contributed by atoms with Crippen LogP contribution in [0.4, 0.5) is 5.95 Å². The number of fused-ring (bicyclic) bond motifs is 1. The number of methoxy groups -OCH3 is 1. The van der Waals surface area contributed by atoms with Crippen molar-refractivity contribution in [3.63, 3.8) is 0 Å². The number of benzene rings is 2. The Kier molecular flexibility index (Phi) is 5.23. The van der Waals surface area contributed by atoms with Crippen molar-refractivity contribution in [3.8, 4) is 5.75 Å². The lowest BCUT2D eigenvalue weighted by Gasteiger charge is -2.12. The molecule has 0 aliphatic heterocycles. The summed E-state index contributed by atoms with van der Waals surface area (Å²) in [4.78, 5) is 17.2. The minimum absolute atomic E-state index is 0.103. The van der Waals surface area contributed by atoms with Crippen LogP contribution in [0.15, 0.2) is 52.4 Å². The standard InChI is InChI=1S/C19H19ClN4O2/c1-4-24-18(25)14-7-5-6-8-16(14)21-19(24)23-22-12(2)15-11-13(20)9-10-17(15)26-3/h5-11H,4H2,1-3H3,(H,21,23)/b22-12-. The molecule has 1 heterocycles. The van der Waals surface area contributed by atoms with Crippen molar-refractivity contribution >= 4 is 34.2 Å². The molecule has 0 fully saturated rings. The fraction of sp³-hybridized carbons (Fsp3) is 0.211. The topological polar surface area (TPSA) is 68.5 Å². The summed E-state index contributed by atoms with van der Waals surface area (Å²) in [6, 6.07) is 12.6. The van der Waals surface area contributed by atoms with Gasteiger partial charge in [-0.05, 0) is 44.2 Å². The third-order valence-electron chi connectivity index (χ3n) is 4.05. The summed E-state index contributed by atoms with van der Waals surface area (Å²) < 4.78 is 6.91. The molecule has 3 rings (SSSR count). The molecule has 0 atom stereocenters. The first-order valence-corrected chi connectivity index (χ1v) is 8.56. The van der Waals surface area contributed by atoms with Crippen molar-refractivity contribution in [1.29, 1.82) is 0 Å². The Bertz CT molecular complexity index is 1040. The molecule has 0 unspecified atom stereocenters. The van der Waals surface area contributed by atoms with Crippen LogP contribution in [0.1, 0.15) is 19.4 Å². The van der Waals surface area contributed by atoms with Gasteiger partial charge in [-0.15, -0.1) is 0 Å². The fourth-order valence-electron chi connectivity index (χ4n) is 2.70. The summed E-state index contributed by atoms with van der Waals surface area (Å²) in [6.45, 7) is 4.20. The molecular formula is C19H19ClN4O2. The number of aromatic nitrogens is 2. The van der Waals surface area contributed by atoms with E-state index in [1.807, 2.05) is 26.0 Å². The summed E-state index contributed by atoms with van der Waals surface area (Å²) >= 11 is 6.08. The zero-order chi connectivity index (χ0) is 18.7. The highest BCUT2D eigenvalue weighted by molar-refractivity contribution is 6.31. The number of nitrogens with one attached hydrogen (secondary N) is 1. The molecule has 3 aromatic rings. The fourth-order valence-corrected chi connectivity index (χ4v) is 2.88. The molecule has 6 nitrogen and oxygen atoms in total. The van der Waals surface area contributed by atoms with Crippen molar-refractivity contribution in [2.24, 2.45) is 5.10 Å². The Balaban J connectivity index is 2.03. The molecule has 0 aliphatic rings. The summed E-state index contributed by atoms with van der Waals surface area (Å²) in [6.07, 6.45) is 0. The number of hydrazone groups is 1. The van der Waals surface area contributed by atoms with Gasteiger partial charge in [0.15, 0.2) is 0 Å². The SMILES string of the molecule is CCn1c(N/N=C(/C)c2cc(Cl)ccc2OC)nc2ccccc2c1=O. The quantitative estimate of drug-likeness (QED) is 0.546. The number of hydrogen-bond acceptors (Lipinski definition) is 5. The van der Waals surface area contributed by atoms with E-state index in [1.165, 1.54) is 0 Å². The maximum Gasteiger partial charge on any atom is 0.262 e. The van der Waals surface area contributed by atoms with Gasteiger partial charge in [0, 0.05) is 17.1 Å². The number of para-hydroxylation sites is 1. The second-order valence-electron chi connectivity index (χ2n) is 5.66. The lowest BCUT2D eigenvalue weighted by Crippen LogP contribution is -2.23. The van der Waals surface area contributed by atoms with Crippen molar-refractivity contribution in [2.75, 3.05) is 12.5 Å². The molecule has 1 N–H and O–H groups in total. The minimum Gasteiger partial charge on any atom is -0.496 e. The number of nitrogens with zero attached hydrogens (tertiary/aromatic N) is 3. The number of rotatable bonds is 5. The summed E-state index contributed by atoms with van der Waals surface area (Å²) in [5.41, 5.74) is 4.85. The van der Waals surface area contributed by atoms with Gasteiger partial charge in [-0.1, -0.05) is 23.7 Å². The van der Waals surface area contributed by atoms with E-state index in [0.29, 0.717) is 39.9 Å². The second-order valence-corrected chi connectivity index (χ2v) is 6.09. The monoisotopic (exact) mass is 370 g/mol. The molecule has 7 heteroatoms. The van der Waals surface area contributed by atoms with Gasteiger partial charge in [0.05, 0.1) is 23.7 Å². The van der Waals surface area contributed by atoms with Gasteiger partial charge in [0.1, 0.15) is 5.75 Å². The highest BCUT2D eigenvalue weighted by Gasteiger charge is 2.11. The van der Waals surface area contributed by atoms with E-state index in [2.05, 4.69) is 15.5 Å². The molecule has 26 heavy (non-hydrogen) atoms. The van der Waals surface area contributed by atoms with E-state index < -0.39 is 0 Å². The molecular weight excluding hydrogens is 352 g/mol. The molecule has 0 amide bonds. The van der Waals surface area contributed by atoms with E-state index in [0.717, 1.165) is 5.56 Å². The van der Waals surface area contributed by atoms with Crippen LogP contribution in [0.2, 0.25) is 5.02 Å². The third kappa shape index (κ3) is 3.41. The van der Waals surface area contributed by atoms with Crippen LogP contribution < -0.4 is 15.7 Å². The van der Waals surface area contributed by atoms with Crippen LogP contribution >= 0.6 is 11.6 Å². The van der Waals surface area contributed by atoms with Gasteiger partial charge in [0.25, 0.3) is 5.56 Å². The molecule has 2 aromatic carbocycles. The van der Waals surface area contributed by atoms with Gasteiger partial charge in [-0.2, -0.15) is 5.10 Å². The predicted octanol–water partition coefficient (Wildman–Crippen LogP) is 3.91. The minimum atomic E-state index is -0.103. The Morgan fingerprint density at radius 3 is 2.81 bits per heavy atom. The zero-order valence-electron chi connectivity index (χ0n) is 14.8. The number of ether oxygens (including phenoxy) is 1. The molecule has 0 radical (unpaired) electrons. The van der Waals surface area contributed by atoms with Crippen molar-refractivity contribution in [2.45, 2.75) is 20.4 Å². The van der Waals surface area contributed by atoms with Crippen molar-refractivity contribution < 1.29 is 4.74 Å². The van der Waals surface area contributed by atoms with Crippen LogP contribution in [0.3, 0.4) is 0 Å². The average molecular weight is 371 g/mol. The van der Waals surface area contributed by atoms with Gasteiger partial charge in [-0.3, -0.25) is 9.36 Å². The molecule has 1 aromatic heterocycles. The lowest BCUT2D eigenvalue weighted by molar-refractivity contribution is 0.414. The highest BCUT2D eigenvalue weighted by atomic mass is 35.5. The largest absolute Gasteiger partial charge is 0.496 e. The van der Waals surface area contributed by atoms with Gasteiger partial charge in [-0.25, -0.2) is 10.4 Å². The maximum absolute atomic E-state index is 12.6. The van der Waals surface area contributed by atoms with Gasteiger partial charge >= 0.3 is 0 Å². The highest BCUT2D eigenvalue weighted by Crippen LogP contribution is 2.23. The Hall–Kier alpha value is -2.86.